The Kier molecular flexibility index (Phi) is 6.44. The number of benzene rings is 2. The highest BCUT2D eigenvalue weighted by molar-refractivity contribution is 5.87. The van der Waals surface area contributed by atoms with Gasteiger partial charge in [0.2, 0.25) is 11.8 Å². The van der Waals surface area contributed by atoms with Gasteiger partial charge in [-0.1, -0.05) is 36.4 Å². The lowest BCUT2D eigenvalue weighted by molar-refractivity contribution is -0.137. The number of primary amides is 1. The van der Waals surface area contributed by atoms with E-state index in [4.69, 9.17) is 10.5 Å². The highest BCUT2D eigenvalue weighted by Gasteiger charge is 2.30. The number of nitrogens with one attached hydrogen (secondary N) is 1. The standard InChI is InChI=1S/C19H19F3N2O3/c1-27-16-8-3-2-6-13(16)11-15(18(23)26)24-17(25)10-12-5-4-7-14(9-12)19(20,21)22/h2-9,15H,10-11H2,1H3,(H2,23,26)(H,24,25)/t15-/m1/s1. The maximum absolute atomic E-state index is 12.8. The molecule has 2 aromatic rings. The largest absolute Gasteiger partial charge is 0.496 e. The third-order valence-electron chi connectivity index (χ3n) is 3.91. The van der Waals surface area contributed by atoms with Gasteiger partial charge in [-0.15, -0.1) is 0 Å². The molecule has 0 heterocycles. The molecule has 0 spiro atoms. The Morgan fingerprint density at radius 1 is 1.15 bits per heavy atom. The molecular formula is C19H19F3N2O3. The lowest BCUT2D eigenvalue weighted by atomic mass is 10.0. The molecule has 2 aromatic carbocycles. The minimum absolute atomic E-state index is 0.105. The monoisotopic (exact) mass is 380 g/mol. The Morgan fingerprint density at radius 3 is 2.48 bits per heavy atom. The Bertz CT molecular complexity index is 822. The highest BCUT2D eigenvalue weighted by atomic mass is 19.4. The third-order valence-corrected chi connectivity index (χ3v) is 3.91. The molecule has 0 fully saturated rings. The van der Waals surface area contributed by atoms with Crippen LogP contribution in [0.5, 0.6) is 5.75 Å². The second kappa shape index (κ2) is 8.57. The number of hydrogen-bond donors (Lipinski definition) is 2. The lowest BCUT2D eigenvalue weighted by Crippen LogP contribution is -2.46. The van der Waals surface area contributed by atoms with Crippen molar-refractivity contribution in [2.75, 3.05) is 7.11 Å². The third kappa shape index (κ3) is 5.73. The molecule has 1 atom stereocenters. The minimum Gasteiger partial charge on any atom is -0.496 e. The van der Waals surface area contributed by atoms with E-state index >= 15 is 0 Å². The van der Waals surface area contributed by atoms with Crippen LogP contribution in [0.15, 0.2) is 48.5 Å². The van der Waals surface area contributed by atoms with E-state index in [-0.39, 0.29) is 18.4 Å². The zero-order chi connectivity index (χ0) is 20.0. The minimum atomic E-state index is -4.49. The number of nitrogens with two attached hydrogens (primary N) is 1. The maximum Gasteiger partial charge on any atom is 0.416 e. The van der Waals surface area contributed by atoms with Gasteiger partial charge in [0.05, 0.1) is 19.1 Å². The first-order valence-corrected chi connectivity index (χ1v) is 8.07. The molecule has 5 nitrogen and oxygen atoms in total. The van der Waals surface area contributed by atoms with Crippen molar-refractivity contribution >= 4 is 11.8 Å². The van der Waals surface area contributed by atoms with Crippen LogP contribution in [0.4, 0.5) is 13.2 Å². The van der Waals surface area contributed by atoms with Gasteiger partial charge in [0.25, 0.3) is 0 Å². The summed E-state index contributed by atoms with van der Waals surface area (Å²) in [5.74, 6) is -0.817. The van der Waals surface area contributed by atoms with E-state index in [0.29, 0.717) is 11.3 Å². The number of alkyl halides is 3. The van der Waals surface area contributed by atoms with Crippen molar-refractivity contribution in [3.63, 3.8) is 0 Å². The molecule has 0 saturated carbocycles. The average Bonchev–Trinajstić information content (AvgIpc) is 2.61. The van der Waals surface area contributed by atoms with E-state index in [1.165, 1.54) is 19.2 Å². The van der Waals surface area contributed by atoms with Gasteiger partial charge in [-0.3, -0.25) is 9.59 Å². The first kappa shape index (κ1) is 20.3. The molecule has 0 unspecified atom stereocenters. The summed E-state index contributed by atoms with van der Waals surface area (Å²) in [4.78, 5) is 23.9. The summed E-state index contributed by atoms with van der Waals surface area (Å²) >= 11 is 0. The number of carbonyl (C=O) groups excluding carboxylic acids is 2. The van der Waals surface area contributed by atoms with Gasteiger partial charge in [0, 0.05) is 6.42 Å². The number of methoxy groups -OCH3 is 1. The Hall–Kier alpha value is -3.03. The Morgan fingerprint density at radius 2 is 1.85 bits per heavy atom. The zero-order valence-corrected chi connectivity index (χ0v) is 14.5. The molecule has 2 rings (SSSR count). The molecule has 0 saturated heterocycles. The lowest BCUT2D eigenvalue weighted by Gasteiger charge is -2.17. The molecule has 0 radical (unpaired) electrons. The van der Waals surface area contributed by atoms with Crippen LogP contribution in [-0.2, 0) is 28.6 Å². The van der Waals surface area contributed by atoms with Crippen LogP contribution in [0.3, 0.4) is 0 Å². The summed E-state index contributed by atoms with van der Waals surface area (Å²) in [6.45, 7) is 0. The maximum atomic E-state index is 12.8. The topological polar surface area (TPSA) is 81.4 Å². The number of halogens is 3. The number of amides is 2. The fourth-order valence-electron chi connectivity index (χ4n) is 2.60. The average molecular weight is 380 g/mol. The fourth-order valence-corrected chi connectivity index (χ4v) is 2.60. The number of hydrogen-bond acceptors (Lipinski definition) is 3. The fraction of sp³-hybridized carbons (Fsp3) is 0.263. The summed E-state index contributed by atoms with van der Waals surface area (Å²) in [5, 5.41) is 2.47. The molecule has 0 aliphatic heterocycles. The van der Waals surface area contributed by atoms with Crippen LogP contribution >= 0.6 is 0 Å². The number of ether oxygens (including phenoxy) is 1. The number of carbonyl (C=O) groups is 2. The first-order valence-electron chi connectivity index (χ1n) is 8.07. The van der Waals surface area contributed by atoms with Crippen LogP contribution in [-0.4, -0.2) is 25.0 Å². The van der Waals surface area contributed by atoms with Gasteiger partial charge in [0.1, 0.15) is 11.8 Å². The second-order valence-electron chi connectivity index (χ2n) is 5.91. The van der Waals surface area contributed by atoms with E-state index in [2.05, 4.69) is 5.32 Å². The van der Waals surface area contributed by atoms with Crippen molar-refractivity contribution in [2.24, 2.45) is 5.73 Å². The highest BCUT2D eigenvalue weighted by Crippen LogP contribution is 2.29. The summed E-state index contributed by atoms with van der Waals surface area (Å²) in [6, 6.07) is 10.4. The van der Waals surface area contributed by atoms with Gasteiger partial charge in [-0.2, -0.15) is 13.2 Å². The molecule has 0 aliphatic rings. The van der Waals surface area contributed by atoms with E-state index in [0.717, 1.165) is 12.1 Å². The normalized spacial score (nSPS) is 12.3. The van der Waals surface area contributed by atoms with E-state index in [1.54, 1.807) is 24.3 Å². The van der Waals surface area contributed by atoms with Gasteiger partial charge >= 0.3 is 6.18 Å². The van der Waals surface area contributed by atoms with E-state index in [9.17, 15) is 22.8 Å². The summed E-state index contributed by atoms with van der Waals surface area (Å²) in [6.07, 6.45) is -4.70. The Labute approximate surface area is 154 Å². The van der Waals surface area contributed by atoms with Gasteiger partial charge < -0.3 is 15.8 Å². The Balaban J connectivity index is 2.08. The predicted octanol–water partition coefficient (Wildman–Crippen LogP) is 2.47. The van der Waals surface area contributed by atoms with E-state index < -0.39 is 29.6 Å². The van der Waals surface area contributed by atoms with Crippen molar-refractivity contribution in [3.8, 4) is 5.75 Å². The second-order valence-corrected chi connectivity index (χ2v) is 5.91. The molecular weight excluding hydrogens is 361 g/mol. The molecule has 3 N–H and O–H groups in total. The van der Waals surface area contributed by atoms with Crippen LogP contribution in [0.1, 0.15) is 16.7 Å². The van der Waals surface area contributed by atoms with Crippen molar-refractivity contribution in [3.05, 3.63) is 65.2 Å². The molecule has 0 aliphatic carbocycles. The van der Waals surface area contributed by atoms with Crippen molar-refractivity contribution in [1.82, 2.24) is 5.32 Å². The van der Waals surface area contributed by atoms with Crippen molar-refractivity contribution in [1.29, 1.82) is 0 Å². The van der Waals surface area contributed by atoms with Crippen LogP contribution in [0.2, 0.25) is 0 Å². The van der Waals surface area contributed by atoms with Crippen LogP contribution in [0.25, 0.3) is 0 Å². The SMILES string of the molecule is COc1ccccc1C[C@@H](NC(=O)Cc1cccc(C(F)(F)F)c1)C(N)=O. The van der Waals surface area contributed by atoms with E-state index in [1.807, 2.05) is 0 Å². The number of rotatable bonds is 7. The zero-order valence-electron chi connectivity index (χ0n) is 14.5. The van der Waals surface area contributed by atoms with Gasteiger partial charge in [-0.05, 0) is 23.3 Å². The van der Waals surface area contributed by atoms with Gasteiger partial charge in [-0.25, -0.2) is 0 Å². The summed E-state index contributed by atoms with van der Waals surface area (Å²) in [7, 11) is 1.48. The predicted molar refractivity (Wildman–Crippen MR) is 93.0 cm³/mol. The molecule has 27 heavy (non-hydrogen) atoms. The molecule has 8 heteroatoms. The quantitative estimate of drug-likeness (QED) is 0.774. The summed E-state index contributed by atoms with van der Waals surface area (Å²) < 4.78 is 43.5. The van der Waals surface area contributed by atoms with Crippen molar-refractivity contribution < 1.29 is 27.5 Å². The first-order chi connectivity index (χ1) is 12.7. The van der Waals surface area contributed by atoms with Crippen LogP contribution in [0, 0.1) is 0 Å². The molecule has 2 amide bonds. The smallest absolute Gasteiger partial charge is 0.416 e. The molecule has 0 aromatic heterocycles. The van der Waals surface area contributed by atoms with Gasteiger partial charge in [0.15, 0.2) is 0 Å². The molecule has 144 valence electrons. The summed E-state index contributed by atoms with van der Waals surface area (Å²) in [5.41, 5.74) is 5.37. The van der Waals surface area contributed by atoms with Crippen molar-refractivity contribution in [2.45, 2.75) is 25.1 Å². The van der Waals surface area contributed by atoms with Crippen LogP contribution < -0.4 is 15.8 Å². The number of para-hydroxylation sites is 1. The molecule has 0 bridgehead atoms.